The molecule has 0 saturated carbocycles. The van der Waals surface area contributed by atoms with Gasteiger partial charge >= 0.3 is 0 Å². The van der Waals surface area contributed by atoms with E-state index in [1.54, 1.807) is 0 Å². The summed E-state index contributed by atoms with van der Waals surface area (Å²) in [5, 5.41) is 13.4. The van der Waals surface area contributed by atoms with Gasteiger partial charge in [0.05, 0.1) is 11.2 Å². The molecule has 0 bridgehead atoms. The molecule has 0 atom stereocenters. The summed E-state index contributed by atoms with van der Waals surface area (Å²) in [5.74, 6) is 0. The van der Waals surface area contributed by atoms with Gasteiger partial charge in [0.1, 0.15) is 5.69 Å². The number of benzene rings is 2. The average molecular weight is 383 g/mol. The first-order valence-corrected chi connectivity index (χ1v) is 9.92. The lowest BCUT2D eigenvalue weighted by Crippen LogP contribution is -2.20. The van der Waals surface area contributed by atoms with Gasteiger partial charge in [-0.2, -0.15) is 5.10 Å². The maximum Gasteiger partial charge on any atom is 0.116 e. The molecule has 0 aliphatic rings. The molecular weight excluding hydrogens is 356 g/mol. The van der Waals surface area contributed by atoms with Crippen LogP contribution in [0.5, 0.6) is 0 Å². The van der Waals surface area contributed by atoms with Gasteiger partial charge in [-0.3, -0.25) is 5.10 Å². The van der Waals surface area contributed by atoms with Crippen molar-refractivity contribution in [2.75, 3.05) is 0 Å². The maximum atomic E-state index is 4.58. The molecule has 2 heterocycles. The summed E-state index contributed by atoms with van der Waals surface area (Å²) in [4.78, 5) is 3.48. The number of aromatic nitrogens is 3. The highest BCUT2D eigenvalue weighted by molar-refractivity contribution is 5.97. The Balaban J connectivity index is 1.78. The summed E-state index contributed by atoms with van der Waals surface area (Å²) in [6, 6.07) is 17.2. The molecule has 4 aromatic rings. The Morgan fingerprint density at radius 3 is 2.66 bits per heavy atom. The predicted molar refractivity (Wildman–Crippen MR) is 124 cm³/mol. The molecule has 0 spiro atoms. The highest BCUT2D eigenvalue weighted by atomic mass is 15.1. The summed E-state index contributed by atoms with van der Waals surface area (Å²) < 4.78 is 0. The van der Waals surface area contributed by atoms with E-state index in [2.05, 4.69) is 96.4 Å². The second-order valence-electron chi connectivity index (χ2n) is 7.45. The second-order valence-corrected chi connectivity index (χ2v) is 7.45. The highest BCUT2D eigenvalue weighted by Gasteiger charge is 2.12. The number of hydrogen-bond acceptors (Lipinski definition) is 2. The molecule has 4 rings (SSSR count). The molecule has 0 unspecified atom stereocenters. The number of para-hydroxylation sites is 1. The molecule has 4 nitrogen and oxygen atoms in total. The average Bonchev–Trinajstić information content (AvgIpc) is 3.33. The van der Waals surface area contributed by atoms with Crippen molar-refractivity contribution in [3.8, 4) is 11.4 Å². The number of rotatable bonds is 6. The van der Waals surface area contributed by atoms with Gasteiger partial charge in [-0.1, -0.05) is 36.9 Å². The Kier molecular flexibility index (Phi) is 5.09. The molecule has 4 heteroatoms. The van der Waals surface area contributed by atoms with Gasteiger partial charge in [-0.15, -0.1) is 0 Å². The fraction of sp³-hybridized carbons (Fsp3) is 0.160. The Hall–Kier alpha value is -3.53. The van der Waals surface area contributed by atoms with Crippen LogP contribution in [0.25, 0.3) is 38.8 Å². The monoisotopic (exact) mass is 382 g/mol. The largest absolute Gasteiger partial charge is 0.383 e. The summed E-state index contributed by atoms with van der Waals surface area (Å²) in [5.41, 5.74) is 7.37. The van der Waals surface area contributed by atoms with E-state index in [-0.39, 0.29) is 0 Å². The quantitative estimate of drug-likeness (QED) is 0.349. The lowest BCUT2D eigenvalue weighted by Gasteiger charge is -2.12. The minimum Gasteiger partial charge on any atom is -0.383 e. The van der Waals surface area contributed by atoms with Gasteiger partial charge in [0.15, 0.2) is 0 Å². The van der Waals surface area contributed by atoms with Crippen molar-refractivity contribution in [1.29, 1.82) is 0 Å². The Bertz CT molecular complexity index is 1200. The molecular formula is C25H26N4. The van der Waals surface area contributed by atoms with Crippen LogP contribution in [0.15, 0.2) is 79.0 Å². The van der Waals surface area contributed by atoms with Gasteiger partial charge in [-0.25, -0.2) is 0 Å². The standard InChI is InChI=1S/C25H26N4/c1-5-17(13-20(6-2)26-16(3)4)18-11-12-23-21(14-18)25(29-28-23)24-15-19-9-7-8-10-22(19)27-24/h5-16,26-27H,2H2,1,3-4H3,(H,28,29)/b17-5+,20-13+. The SMILES string of the molecule is C=C/C(=C\C(=C/C)c1ccc2[nH]nc(-c3cc4ccccc4[nH]3)c2c1)NC(C)C. The third-order valence-electron chi connectivity index (χ3n) is 4.98. The summed E-state index contributed by atoms with van der Waals surface area (Å²) in [6.07, 6.45) is 6.11. The molecule has 0 fully saturated rings. The molecule has 0 saturated heterocycles. The zero-order valence-electron chi connectivity index (χ0n) is 17.1. The van der Waals surface area contributed by atoms with E-state index in [1.165, 1.54) is 5.39 Å². The molecule has 2 aromatic carbocycles. The molecule has 29 heavy (non-hydrogen) atoms. The topological polar surface area (TPSA) is 56.5 Å². The zero-order chi connectivity index (χ0) is 20.4. The molecule has 0 amide bonds. The normalized spacial score (nSPS) is 12.8. The predicted octanol–water partition coefficient (Wildman–Crippen LogP) is 6.18. The lowest BCUT2D eigenvalue weighted by atomic mass is 10.0. The van der Waals surface area contributed by atoms with Crippen molar-refractivity contribution in [3.63, 3.8) is 0 Å². The van der Waals surface area contributed by atoms with Crippen molar-refractivity contribution in [3.05, 3.63) is 84.6 Å². The lowest BCUT2D eigenvalue weighted by molar-refractivity contribution is 0.682. The van der Waals surface area contributed by atoms with Crippen LogP contribution in [-0.4, -0.2) is 21.2 Å². The van der Waals surface area contributed by atoms with Gasteiger partial charge < -0.3 is 10.3 Å². The summed E-state index contributed by atoms with van der Waals surface area (Å²) >= 11 is 0. The van der Waals surface area contributed by atoms with Gasteiger partial charge in [-0.05, 0) is 68.3 Å². The minimum absolute atomic E-state index is 0.349. The number of nitrogens with one attached hydrogen (secondary N) is 3. The number of aromatic amines is 2. The van der Waals surface area contributed by atoms with Gasteiger partial charge in [0.25, 0.3) is 0 Å². The van der Waals surface area contributed by atoms with Crippen LogP contribution in [-0.2, 0) is 0 Å². The molecule has 146 valence electrons. The fourth-order valence-corrected chi connectivity index (χ4v) is 3.59. The first-order valence-electron chi connectivity index (χ1n) is 9.92. The third-order valence-corrected chi connectivity index (χ3v) is 4.98. The van der Waals surface area contributed by atoms with E-state index < -0.39 is 0 Å². The van der Waals surface area contributed by atoms with Crippen molar-refractivity contribution >= 4 is 27.4 Å². The minimum atomic E-state index is 0.349. The Morgan fingerprint density at radius 1 is 1.10 bits per heavy atom. The Morgan fingerprint density at radius 2 is 1.93 bits per heavy atom. The van der Waals surface area contributed by atoms with Crippen LogP contribution in [0.2, 0.25) is 0 Å². The fourth-order valence-electron chi connectivity index (χ4n) is 3.59. The van der Waals surface area contributed by atoms with Crippen molar-refractivity contribution in [1.82, 2.24) is 20.5 Å². The van der Waals surface area contributed by atoms with E-state index in [4.69, 9.17) is 0 Å². The van der Waals surface area contributed by atoms with E-state index in [0.29, 0.717) is 6.04 Å². The van der Waals surface area contributed by atoms with Crippen LogP contribution in [0.4, 0.5) is 0 Å². The number of H-pyrrole nitrogens is 2. The maximum absolute atomic E-state index is 4.58. The van der Waals surface area contributed by atoms with Crippen LogP contribution < -0.4 is 5.32 Å². The van der Waals surface area contributed by atoms with E-state index in [1.807, 2.05) is 18.2 Å². The van der Waals surface area contributed by atoms with Gasteiger partial charge in [0, 0.05) is 28.0 Å². The van der Waals surface area contributed by atoms with Crippen molar-refractivity contribution < 1.29 is 0 Å². The second kappa shape index (κ2) is 7.84. The number of fused-ring (bicyclic) bond motifs is 2. The first kappa shape index (κ1) is 18.8. The van der Waals surface area contributed by atoms with Crippen molar-refractivity contribution in [2.24, 2.45) is 0 Å². The van der Waals surface area contributed by atoms with Crippen LogP contribution in [0.1, 0.15) is 26.3 Å². The van der Waals surface area contributed by atoms with Crippen molar-refractivity contribution in [2.45, 2.75) is 26.8 Å². The number of hydrogen-bond donors (Lipinski definition) is 3. The van der Waals surface area contributed by atoms with Crippen LogP contribution in [0.3, 0.4) is 0 Å². The van der Waals surface area contributed by atoms with Crippen LogP contribution >= 0.6 is 0 Å². The molecule has 2 aromatic heterocycles. The van der Waals surface area contributed by atoms with Crippen LogP contribution in [0, 0.1) is 0 Å². The zero-order valence-corrected chi connectivity index (χ0v) is 17.1. The third kappa shape index (κ3) is 3.74. The molecule has 0 radical (unpaired) electrons. The van der Waals surface area contributed by atoms with E-state index >= 15 is 0 Å². The van der Waals surface area contributed by atoms with Gasteiger partial charge in [0.2, 0.25) is 0 Å². The summed E-state index contributed by atoms with van der Waals surface area (Å²) in [7, 11) is 0. The smallest absolute Gasteiger partial charge is 0.116 e. The first-order chi connectivity index (χ1) is 14.1. The van der Waals surface area contributed by atoms with E-state index in [0.717, 1.165) is 44.6 Å². The molecule has 0 aliphatic carbocycles. The number of nitrogens with zero attached hydrogens (tertiary/aromatic N) is 1. The summed E-state index contributed by atoms with van der Waals surface area (Å²) in [6.45, 7) is 10.2. The number of allylic oxidation sites excluding steroid dienone is 4. The highest BCUT2D eigenvalue weighted by Crippen LogP contribution is 2.31. The molecule has 0 aliphatic heterocycles. The Labute approximate surface area is 171 Å². The molecule has 3 N–H and O–H groups in total. The van der Waals surface area contributed by atoms with E-state index in [9.17, 15) is 0 Å².